The van der Waals surface area contributed by atoms with E-state index >= 15 is 0 Å². The molecule has 1 amide bonds. The SMILES string of the molecule is CC1(CNC(=O)c2nonc2N)CCCS1. The molecular weight excluding hydrogens is 228 g/mol. The fourth-order valence-electron chi connectivity index (χ4n) is 1.68. The lowest BCUT2D eigenvalue weighted by Gasteiger charge is -2.22. The molecule has 2 rings (SSSR count). The highest BCUT2D eigenvalue weighted by molar-refractivity contribution is 8.00. The van der Waals surface area contributed by atoms with E-state index in [9.17, 15) is 4.79 Å². The van der Waals surface area contributed by atoms with Crippen molar-refractivity contribution in [1.82, 2.24) is 15.6 Å². The van der Waals surface area contributed by atoms with Gasteiger partial charge in [0.25, 0.3) is 5.91 Å². The number of amides is 1. The van der Waals surface area contributed by atoms with Crippen LogP contribution in [0.3, 0.4) is 0 Å². The Bertz CT molecular complexity index is 387. The van der Waals surface area contributed by atoms with E-state index in [4.69, 9.17) is 5.73 Å². The molecule has 1 fully saturated rings. The normalized spacial score (nSPS) is 24.6. The minimum atomic E-state index is -0.326. The summed E-state index contributed by atoms with van der Waals surface area (Å²) in [6.45, 7) is 2.76. The number of aromatic nitrogens is 2. The fraction of sp³-hybridized carbons (Fsp3) is 0.667. The maximum Gasteiger partial charge on any atom is 0.277 e. The summed E-state index contributed by atoms with van der Waals surface area (Å²) in [6, 6.07) is 0. The number of nitrogen functional groups attached to an aromatic ring is 1. The Morgan fingerprint density at radius 2 is 2.50 bits per heavy atom. The predicted octanol–water partition coefficient (Wildman–Crippen LogP) is 0.667. The van der Waals surface area contributed by atoms with Gasteiger partial charge in [-0.05, 0) is 35.8 Å². The highest BCUT2D eigenvalue weighted by Crippen LogP contribution is 2.36. The van der Waals surface area contributed by atoms with Crippen molar-refractivity contribution in [3.63, 3.8) is 0 Å². The Morgan fingerprint density at radius 1 is 1.69 bits per heavy atom. The summed E-state index contributed by atoms with van der Waals surface area (Å²) in [5, 5.41) is 9.62. The number of anilines is 1. The summed E-state index contributed by atoms with van der Waals surface area (Å²) < 4.78 is 4.50. The van der Waals surface area contributed by atoms with Crippen molar-refractivity contribution in [3.05, 3.63) is 5.69 Å². The third kappa shape index (κ3) is 2.29. The average Bonchev–Trinajstić information content (AvgIpc) is 2.85. The van der Waals surface area contributed by atoms with Crippen molar-refractivity contribution in [1.29, 1.82) is 0 Å². The second kappa shape index (κ2) is 4.32. The van der Waals surface area contributed by atoms with E-state index < -0.39 is 0 Å². The van der Waals surface area contributed by atoms with E-state index in [2.05, 4.69) is 27.2 Å². The zero-order valence-electron chi connectivity index (χ0n) is 9.02. The number of hydrogen-bond acceptors (Lipinski definition) is 6. The van der Waals surface area contributed by atoms with Gasteiger partial charge in [0.2, 0.25) is 11.5 Å². The van der Waals surface area contributed by atoms with Gasteiger partial charge in [-0.3, -0.25) is 4.79 Å². The molecule has 1 atom stereocenters. The van der Waals surface area contributed by atoms with Crippen molar-refractivity contribution in [3.8, 4) is 0 Å². The molecule has 1 aliphatic rings. The number of carbonyl (C=O) groups excluding carboxylic acids is 1. The standard InChI is InChI=1S/C9H14N4O2S/c1-9(3-2-4-16-9)5-11-8(14)6-7(10)13-15-12-6/h2-5H2,1H3,(H2,10,13)(H,11,14). The first-order valence-corrected chi connectivity index (χ1v) is 6.09. The first kappa shape index (κ1) is 11.3. The van der Waals surface area contributed by atoms with Gasteiger partial charge in [0.15, 0.2) is 0 Å². The lowest BCUT2D eigenvalue weighted by atomic mass is 10.1. The molecule has 0 radical (unpaired) electrons. The van der Waals surface area contributed by atoms with E-state index in [-0.39, 0.29) is 22.2 Å². The summed E-state index contributed by atoms with van der Waals surface area (Å²) in [4.78, 5) is 11.7. The van der Waals surface area contributed by atoms with Crippen LogP contribution < -0.4 is 11.1 Å². The van der Waals surface area contributed by atoms with Crippen LogP contribution in [0, 0.1) is 0 Å². The number of nitrogens with zero attached hydrogens (tertiary/aromatic N) is 2. The molecule has 0 aromatic carbocycles. The fourth-order valence-corrected chi connectivity index (χ4v) is 2.92. The predicted molar refractivity (Wildman–Crippen MR) is 61.1 cm³/mol. The van der Waals surface area contributed by atoms with Crippen LogP contribution in [0.1, 0.15) is 30.3 Å². The number of nitrogens with two attached hydrogens (primary N) is 1. The van der Waals surface area contributed by atoms with Crippen LogP contribution >= 0.6 is 11.8 Å². The molecule has 1 aromatic heterocycles. The molecule has 88 valence electrons. The second-order valence-corrected chi connectivity index (χ2v) is 5.77. The third-order valence-corrected chi connectivity index (χ3v) is 4.19. The molecule has 0 aliphatic carbocycles. The molecule has 1 aliphatic heterocycles. The van der Waals surface area contributed by atoms with Crippen LogP contribution in [0.15, 0.2) is 4.63 Å². The van der Waals surface area contributed by atoms with E-state index in [1.165, 1.54) is 6.42 Å². The second-order valence-electron chi connectivity index (χ2n) is 4.08. The van der Waals surface area contributed by atoms with E-state index in [0.717, 1.165) is 12.2 Å². The zero-order chi connectivity index (χ0) is 11.6. The van der Waals surface area contributed by atoms with Crippen molar-refractivity contribution >= 4 is 23.5 Å². The van der Waals surface area contributed by atoms with Gasteiger partial charge in [0.05, 0.1) is 0 Å². The monoisotopic (exact) mass is 242 g/mol. The number of nitrogens with one attached hydrogen (secondary N) is 1. The number of thioether (sulfide) groups is 1. The van der Waals surface area contributed by atoms with E-state index in [1.807, 2.05) is 11.8 Å². The summed E-state index contributed by atoms with van der Waals surface area (Å²) in [5.41, 5.74) is 5.49. The van der Waals surface area contributed by atoms with Crippen LogP contribution in [0.5, 0.6) is 0 Å². The summed E-state index contributed by atoms with van der Waals surface area (Å²) >= 11 is 1.88. The molecule has 7 heteroatoms. The molecule has 0 spiro atoms. The molecule has 16 heavy (non-hydrogen) atoms. The van der Waals surface area contributed by atoms with E-state index in [1.54, 1.807) is 0 Å². The maximum atomic E-state index is 11.7. The molecule has 0 bridgehead atoms. The Balaban J connectivity index is 1.91. The number of rotatable bonds is 3. The smallest absolute Gasteiger partial charge is 0.277 e. The van der Waals surface area contributed by atoms with Gasteiger partial charge in [0.1, 0.15) is 0 Å². The van der Waals surface area contributed by atoms with Gasteiger partial charge in [-0.15, -0.1) is 0 Å². The van der Waals surface area contributed by atoms with Gasteiger partial charge in [-0.2, -0.15) is 11.8 Å². The quantitative estimate of drug-likeness (QED) is 0.809. The molecule has 6 nitrogen and oxygen atoms in total. The number of hydrogen-bond donors (Lipinski definition) is 2. The van der Waals surface area contributed by atoms with Gasteiger partial charge >= 0.3 is 0 Å². The highest BCUT2D eigenvalue weighted by atomic mass is 32.2. The van der Waals surface area contributed by atoms with Gasteiger partial charge in [-0.25, -0.2) is 4.63 Å². The molecule has 0 saturated carbocycles. The third-order valence-electron chi connectivity index (χ3n) is 2.65. The van der Waals surface area contributed by atoms with Gasteiger partial charge in [-0.1, -0.05) is 0 Å². The first-order valence-electron chi connectivity index (χ1n) is 5.11. The molecular formula is C9H14N4O2S. The lowest BCUT2D eigenvalue weighted by molar-refractivity contribution is 0.0940. The van der Waals surface area contributed by atoms with Gasteiger partial charge < -0.3 is 11.1 Å². The average molecular weight is 242 g/mol. The number of carbonyl (C=O) groups is 1. The minimum Gasteiger partial charge on any atom is -0.379 e. The van der Waals surface area contributed by atoms with Crippen molar-refractivity contribution in [2.45, 2.75) is 24.5 Å². The Labute approximate surface area is 97.3 Å². The van der Waals surface area contributed by atoms with Crippen molar-refractivity contribution in [2.24, 2.45) is 0 Å². The molecule has 2 heterocycles. The topological polar surface area (TPSA) is 94.0 Å². The van der Waals surface area contributed by atoms with Crippen LogP contribution in [0.4, 0.5) is 5.82 Å². The molecule has 1 aromatic rings. The first-order chi connectivity index (χ1) is 7.61. The van der Waals surface area contributed by atoms with Crippen LogP contribution in [0.25, 0.3) is 0 Å². The minimum absolute atomic E-state index is 0.0294. The molecule has 1 saturated heterocycles. The maximum absolute atomic E-state index is 11.7. The van der Waals surface area contributed by atoms with E-state index in [0.29, 0.717) is 6.54 Å². The summed E-state index contributed by atoms with van der Waals surface area (Å²) in [7, 11) is 0. The van der Waals surface area contributed by atoms with Crippen molar-refractivity contribution in [2.75, 3.05) is 18.0 Å². The Kier molecular flexibility index (Phi) is 3.04. The van der Waals surface area contributed by atoms with Crippen LogP contribution in [-0.4, -0.2) is 33.3 Å². The largest absolute Gasteiger partial charge is 0.379 e. The molecule has 3 N–H and O–H groups in total. The molecule has 1 unspecified atom stereocenters. The highest BCUT2D eigenvalue weighted by Gasteiger charge is 2.30. The van der Waals surface area contributed by atoms with Crippen LogP contribution in [0.2, 0.25) is 0 Å². The van der Waals surface area contributed by atoms with Crippen LogP contribution in [-0.2, 0) is 0 Å². The van der Waals surface area contributed by atoms with Crippen molar-refractivity contribution < 1.29 is 9.42 Å². The lowest BCUT2D eigenvalue weighted by Crippen LogP contribution is -2.37. The summed E-state index contributed by atoms with van der Waals surface area (Å²) in [6.07, 6.45) is 2.31. The summed E-state index contributed by atoms with van der Waals surface area (Å²) in [5.74, 6) is 0.856. The van der Waals surface area contributed by atoms with Gasteiger partial charge in [0, 0.05) is 11.3 Å². The zero-order valence-corrected chi connectivity index (χ0v) is 9.84. The Morgan fingerprint density at radius 3 is 3.06 bits per heavy atom. The Hall–Kier alpha value is -1.24.